The lowest BCUT2D eigenvalue weighted by molar-refractivity contribution is -0.128. The van der Waals surface area contributed by atoms with E-state index in [0.29, 0.717) is 0 Å². The van der Waals surface area contributed by atoms with Crippen LogP contribution in [0.3, 0.4) is 0 Å². The van der Waals surface area contributed by atoms with E-state index < -0.39 is 5.41 Å². The van der Waals surface area contributed by atoms with Crippen molar-refractivity contribution in [3.63, 3.8) is 0 Å². The summed E-state index contributed by atoms with van der Waals surface area (Å²) >= 11 is 0. The van der Waals surface area contributed by atoms with Gasteiger partial charge in [0.2, 0.25) is 5.91 Å². The van der Waals surface area contributed by atoms with Crippen molar-refractivity contribution in [3.8, 4) is 0 Å². The number of nitrogens with zero attached hydrogens (tertiary/aromatic N) is 3. The number of carbonyl (C=O) groups excluding carboxylic acids is 1. The summed E-state index contributed by atoms with van der Waals surface area (Å²) in [5, 5.41) is 16.3. The van der Waals surface area contributed by atoms with Gasteiger partial charge >= 0.3 is 0 Å². The number of hydrogen-bond acceptors (Lipinski definition) is 4. The summed E-state index contributed by atoms with van der Waals surface area (Å²) < 4.78 is 1.81. The highest BCUT2D eigenvalue weighted by Crippen LogP contribution is 2.45. The molecule has 1 aromatic rings. The molecular weight excluding hydrogens is 232 g/mol. The summed E-state index contributed by atoms with van der Waals surface area (Å²) in [5.41, 5.74) is -0.538. The van der Waals surface area contributed by atoms with Gasteiger partial charge in [-0.3, -0.25) is 4.79 Å². The lowest BCUT2D eigenvalue weighted by Gasteiger charge is -2.18. The predicted octanol–water partition coefficient (Wildman–Crippen LogP) is 0.638. The molecule has 0 saturated heterocycles. The van der Waals surface area contributed by atoms with Gasteiger partial charge in [-0.2, -0.15) is 5.10 Å². The van der Waals surface area contributed by atoms with Gasteiger partial charge in [0.05, 0.1) is 18.1 Å². The van der Waals surface area contributed by atoms with Crippen LogP contribution >= 0.6 is 0 Å². The van der Waals surface area contributed by atoms with Gasteiger partial charge in [-0.1, -0.05) is 6.92 Å². The van der Waals surface area contributed by atoms with Crippen LogP contribution < -0.4 is 5.32 Å². The molecule has 0 aliphatic heterocycles. The molecule has 0 unspecified atom stereocenters. The molecule has 1 fully saturated rings. The molecule has 1 aromatic heterocycles. The number of hydrogen-bond donors (Lipinski definition) is 2. The molecular formula is C12H20N4O2. The van der Waals surface area contributed by atoms with Crippen molar-refractivity contribution in [2.24, 2.45) is 5.41 Å². The summed E-state index contributed by atoms with van der Waals surface area (Å²) in [6, 6.07) is -0.185. The van der Waals surface area contributed by atoms with E-state index in [9.17, 15) is 9.90 Å². The number of aliphatic hydroxyl groups excluding tert-OH is 1. The van der Waals surface area contributed by atoms with E-state index in [0.717, 1.165) is 31.6 Å². The Bertz CT molecular complexity index is 425. The lowest BCUT2D eigenvalue weighted by Crippen LogP contribution is -2.36. The smallest absolute Gasteiger partial charge is 0.229 e. The van der Waals surface area contributed by atoms with Crippen molar-refractivity contribution < 1.29 is 9.90 Å². The summed E-state index contributed by atoms with van der Waals surface area (Å²) in [6.07, 6.45) is 4.01. The second-order valence-electron chi connectivity index (χ2n) is 4.97. The first-order valence-electron chi connectivity index (χ1n) is 6.42. The largest absolute Gasteiger partial charge is 0.395 e. The molecule has 18 heavy (non-hydrogen) atoms. The molecule has 1 amide bonds. The fourth-order valence-corrected chi connectivity index (χ4v) is 2.01. The monoisotopic (exact) mass is 252 g/mol. The van der Waals surface area contributed by atoms with Crippen LogP contribution in [0.2, 0.25) is 0 Å². The van der Waals surface area contributed by atoms with E-state index in [4.69, 9.17) is 0 Å². The highest BCUT2D eigenvalue weighted by Gasteiger charge is 2.49. The molecule has 6 nitrogen and oxygen atoms in total. The Morgan fingerprint density at radius 2 is 2.39 bits per heavy atom. The molecule has 1 atom stereocenters. The average Bonchev–Trinajstić information content (AvgIpc) is 3.03. The number of aryl methyl sites for hydroxylation is 1. The molecule has 1 saturated carbocycles. The second-order valence-corrected chi connectivity index (χ2v) is 4.97. The van der Waals surface area contributed by atoms with Crippen molar-refractivity contribution >= 4 is 5.91 Å². The molecule has 0 spiro atoms. The fourth-order valence-electron chi connectivity index (χ4n) is 2.01. The maximum absolute atomic E-state index is 12.0. The van der Waals surface area contributed by atoms with E-state index in [1.807, 2.05) is 11.6 Å². The minimum Gasteiger partial charge on any atom is -0.395 e. The third kappa shape index (κ3) is 2.38. The van der Waals surface area contributed by atoms with Crippen LogP contribution in [0.4, 0.5) is 0 Å². The van der Waals surface area contributed by atoms with E-state index >= 15 is 0 Å². The van der Waals surface area contributed by atoms with Crippen LogP contribution in [0.1, 0.15) is 45.0 Å². The van der Waals surface area contributed by atoms with Crippen LogP contribution in [0.5, 0.6) is 0 Å². The Morgan fingerprint density at radius 3 is 2.94 bits per heavy atom. The molecule has 6 heteroatoms. The van der Waals surface area contributed by atoms with Gasteiger partial charge in [0.15, 0.2) is 0 Å². The quantitative estimate of drug-likeness (QED) is 0.778. The molecule has 2 N–H and O–H groups in total. The van der Waals surface area contributed by atoms with Gasteiger partial charge in [0.1, 0.15) is 12.2 Å². The minimum atomic E-state index is -0.538. The average molecular weight is 252 g/mol. The zero-order valence-electron chi connectivity index (χ0n) is 10.9. The first-order valence-corrected chi connectivity index (χ1v) is 6.42. The molecule has 0 bridgehead atoms. The Morgan fingerprint density at radius 1 is 1.67 bits per heavy atom. The zero-order chi connectivity index (χ0) is 13.2. The zero-order valence-corrected chi connectivity index (χ0v) is 10.9. The van der Waals surface area contributed by atoms with Crippen molar-refractivity contribution in [2.45, 2.75) is 45.7 Å². The topological polar surface area (TPSA) is 80.0 Å². The molecule has 2 rings (SSSR count). The van der Waals surface area contributed by atoms with Crippen LogP contribution in [0, 0.1) is 5.41 Å². The van der Waals surface area contributed by atoms with Gasteiger partial charge < -0.3 is 10.4 Å². The van der Waals surface area contributed by atoms with Crippen molar-refractivity contribution in [3.05, 3.63) is 12.2 Å². The molecule has 0 radical (unpaired) electrons. The van der Waals surface area contributed by atoms with E-state index in [1.165, 1.54) is 6.33 Å². The predicted molar refractivity (Wildman–Crippen MR) is 65.6 cm³/mol. The molecule has 1 heterocycles. The standard InChI is InChI=1S/C12H20N4O2/c1-3-6-16-10(13-8-14-16)9(2)15-11(18)12(7-17)4-5-12/h8-9,17H,3-7H2,1-2H3,(H,15,18)/t9-/m1/s1. The summed E-state index contributed by atoms with van der Waals surface area (Å²) in [6.45, 7) is 4.68. The van der Waals surface area contributed by atoms with E-state index in [-0.39, 0.29) is 18.6 Å². The number of aromatic nitrogens is 3. The lowest BCUT2D eigenvalue weighted by atomic mass is 10.1. The van der Waals surface area contributed by atoms with E-state index in [1.54, 1.807) is 0 Å². The van der Waals surface area contributed by atoms with Gasteiger partial charge in [-0.15, -0.1) is 0 Å². The summed E-state index contributed by atoms with van der Waals surface area (Å²) in [4.78, 5) is 16.2. The van der Waals surface area contributed by atoms with E-state index in [2.05, 4.69) is 22.3 Å². The highest BCUT2D eigenvalue weighted by molar-refractivity contribution is 5.85. The third-order valence-electron chi connectivity index (χ3n) is 3.45. The van der Waals surface area contributed by atoms with Gasteiger partial charge in [0, 0.05) is 6.54 Å². The van der Waals surface area contributed by atoms with Crippen molar-refractivity contribution in [1.82, 2.24) is 20.1 Å². The summed E-state index contributed by atoms with van der Waals surface area (Å²) in [7, 11) is 0. The Kier molecular flexibility index (Phi) is 3.65. The Hall–Kier alpha value is -1.43. The summed E-state index contributed by atoms with van der Waals surface area (Å²) in [5.74, 6) is 0.683. The number of aliphatic hydroxyl groups is 1. The number of amides is 1. The van der Waals surface area contributed by atoms with Crippen LogP contribution in [0.25, 0.3) is 0 Å². The van der Waals surface area contributed by atoms with Crippen LogP contribution in [0.15, 0.2) is 6.33 Å². The van der Waals surface area contributed by atoms with Gasteiger partial charge in [-0.05, 0) is 26.2 Å². The van der Waals surface area contributed by atoms with Crippen molar-refractivity contribution in [1.29, 1.82) is 0 Å². The maximum atomic E-state index is 12.0. The van der Waals surface area contributed by atoms with Crippen LogP contribution in [-0.2, 0) is 11.3 Å². The Balaban J connectivity index is 2.01. The fraction of sp³-hybridized carbons (Fsp3) is 0.750. The van der Waals surface area contributed by atoms with Gasteiger partial charge in [-0.25, -0.2) is 9.67 Å². The van der Waals surface area contributed by atoms with Gasteiger partial charge in [0.25, 0.3) is 0 Å². The molecule has 0 aromatic carbocycles. The molecule has 1 aliphatic carbocycles. The van der Waals surface area contributed by atoms with Crippen LogP contribution in [-0.4, -0.2) is 32.4 Å². The third-order valence-corrected chi connectivity index (χ3v) is 3.45. The first-order chi connectivity index (χ1) is 8.63. The molecule has 1 aliphatic rings. The molecule has 100 valence electrons. The SMILES string of the molecule is CCCn1ncnc1[C@@H](C)NC(=O)C1(CO)CC1. The highest BCUT2D eigenvalue weighted by atomic mass is 16.3. The second kappa shape index (κ2) is 5.06. The number of carbonyl (C=O) groups is 1. The first kappa shape index (κ1) is 13.0. The normalized spacial score (nSPS) is 18.4. The minimum absolute atomic E-state index is 0.0762. The Labute approximate surface area is 106 Å². The van der Waals surface area contributed by atoms with Crippen molar-refractivity contribution in [2.75, 3.05) is 6.61 Å². The number of rotatable bonds is 6. The maximum Gasteiger partial charge on any atom is 0.229 e. The number of nitrogens with one attached hydrogen (secondary N) is 1.